The standard InChI is InChI=1S/C29H25ClFN3O6/c1-12-9-13(3-8-21(12)35)23-15-5-6-16-22(26(38)34(24(16)36)28(32)40)17(15)11-18-25(37)33(27(39)29(18,23)2)14-4-7-20(31)19(30)10-14/h3-5,7-10,16-18,22-23,35H,6,11H2,1-2H3,(H2,32,40). The van der Waals surface area contributed by atoms with Gasteiger partial charge in [0.05, 0.1) is 33.9 Å². The Morgan fingerprint density at radius 1 is 1.07 bits per heavy atom. The van der Waals surface area contributed by atoms with E-state index < -0.39 is 70.5 Å². The molecular weight excluding hydrogens is 541 g/mol. The number of nitrogens with two attached hydrogens (primary N) is 1. The van der Waals surface area contributed by atoms with Gasteiger partial charge in [-0.3, -0.25) is 19.2 Å². The maximum Gasteiger partial charge on any atom is 0.328 e. The van der Waals surface area contributed by atoms with Gasteiger partial charge >= 0.3 is 6.03 Å². The molecule has 1 saturated carbocycles. The van der Waals surface area contributed by atoms with E-state index >= 15 is 0 Å². The number of fused-ring (bicyclic) bond motifs is 4. The summed E-state index contributed by atoms with van der Waals surface area (Å²) in [6, 6.07) is 7.39. The molecule has 40 heavy (non-hydrogen) atoms. The number of rotatable bonds is 2. The van der Waals surface area contributed by atoms with Gasteiger partial charge in [0, 0.05) is 5.92 Å². The minimum atomic E-state index is -1.31. The van der Waals surface area contributed by atoms with E-state index in [4.69, 9.17) is 17.3 Å². The third-order valence-electron chi connectivity index (χ3n) is 9.21. The molecule has 2 heterocycles. The lowest BCUT2D eigenvalue weighted by Crippen LogP contribution is -2.49. The molecule has 6 rings (SSSR count). The molecule has 0 spiro atoms. The third-order valence-corrected chi connectivity index (χ3v) is 9.50. The molecule has 2 aromatic carbocycles. The zero-order chi connectivity index (χ0) is 28.8. The molecule has 9 nitrogen and oxygen atoms in total. The van der Waals surface area contributed by atoms with E-state index in [0.717, 1.165) is 16.5 Å². The number of carbonyl (C=O) groups excluding carboxylic acids is 5. The van der Waals surface area contributed by atoms with Gasteiger partial charge in [0.2, 0.25) is 23.6 Å². The molecule has 6 unspecified atom stereocenters. The molecule has 4 aliphatic rings. The number of hydrogen-bond donors (Lipinski definition) is 2. The Morgan fingerprint density at radius 2 is 1.80 bits per heavy atom. The van der Waals surface area contributed by atoms with Crippen molar-refractivity contribution >= 4 is 46.9 Å². The maximum atomic E-state index is 14.3. The minimum absolute atomic E-state index is 0.0561. The van der Waals surface area contributed by atoms with Crippen LogP contribution in [-0.2, 0) is 19.2 Å². The predicted octanol–water partition coefficient (Wildman–Crippen LogP) is 3.80. The molecule has 11 heteroatoms. The number of imide groups is 4. The number of amides is 6. The molecule has 3 N–H and O–H groups in total. The highest BCUT2D eigenvalue weighted by atomic mass is 35.5. The van der Waals surface area contributed by atoms with Crippen molar-refractivity contribution in [3.05, 3.63) is 70.0 Å². The monoisotopic (exact) mass is 565 g/mol. The van der Waals surface area contributed by atoms with Crippen molar-refractivity contribution in [1.82, 2.24) is 4.90 Å². The average Bonchev–Trinajstić information content (AvgIpc) is 3.27. The number of carbonyl (C=O) groups is 5. The van der Waals surface area contributed by atoms with E-state index in [2.05, 4.69) is 0 Å². The van der Waals surface area contributed by atoms with Crippen LogP contribution < -0.4 is 10.6 Å². The summed E-state index contributed by atoms with van der Waals surface area (Å²) in [5.41, 5.74) is 6.10. The first-order valence-corrected chi connectivity index (χ1v) is 13.3. The first-order chi connectivity index (χ1) is 18.9. The second-order valence-corrected chi connectivity index (χ2v) is 11.6. The minimum Gasteiger partial charge on any atom is -0.508 e. The summed E-state index contributed by atoms with van der Waals surface area (Å²) in [5.74, 6) is -6.99. The summed E-state index contributed by atoms with van der Waals surface area (Å²) in [6.07, 6.45) is 2.09. The largest absolute Gasteiger partial charge is 0.508 e. The normalized spacial score (nSPS) is 31.2. The number of hydrogen-bond acceptors (Lipinski definition) is 6. The molecule has 2 aliphatic carbocycles. The fraction of sp³-hybridized carbons (Fsp3) is 0.345. The Kier molecular flexibility index (Phi) is 5.71. The number of aryl methyl sites for hydroxylation is 1. The molecule has 0 aromatic heterocycles. The molecule has 0 bridgehead atoms. The average molecular weight is 566 g/mol. The number of phenolic OH excluding ortho intramolecular Hbond substituents is 1. The van der Waals surface area contributed by atoms with Crippen LogP contribution in [0.1, 0.15) is 36.8 Å². The Labute approximate surface area is 233 Å². The van der Waals surface area contributed by atoms with E-state index in [1.54, 1.807) is 26.0 Å². The highest BCUT2D eigenvalue weighted by Gasteiger charge is 2.67. The first-order valence-electron chi connectivity index (χ1n) is 12.9. The van der Waals surface area contributed by atoms with Gasteiger partial charge in [-0.2, -0.15) is 4.90 Å². The van der Waals surface area contributed by atoms with E-state index in [0.29, 0.717) is 16.0 Å². The zero-order valence-electron chi connectivity index (χ0n) is 21.6. The van der Waals surface area contributed by atoms with Crippen LogP contribution in [0.25, 0.3) is 0 Å². The Morgan fingerprint density at radius 3 is 2.45 bits per heavy atom. The fourth-order valence-corrected chi connectivity index (χ4v) is 7.52. The summed E-state index contributed by atoms with van der Waals surface area (Å²) in [6.45, 7) is 3.42. The number of primary amides is 1. The summed E-state index contributed by atoms with van der Waals surface area (Å²) >= 11 is 5.99. The van der Waals surface area contributed by atoms with Crippen molar-refractivity contribution in [3.8, 4) is 5.75 Å². The zero-order valence-corrected chi connectivity index (χ0v) is 22.3. The van der Waals surface area contributed by atoms with Crippen LogP contribution in [0.3, 0.4) is 0 Å². The number of urea groups is 1. The van der Waals surface area contributed by atoms with Crippen LogP contribution in [-0.4, -0.2) is 39.7 Å². The van der Waals surface area contributed by atoms with Crippen molar-refractivity contribution in [2.24, 2.45) is 34.8 Å². The van der Waals surface area contributed by atoms with Gasteiger partial charge in [0.25, 0.3) is 0 Å². The Balaban J connectivity index is 1.53. The topological polar surface area (TPSA) is 138 Å². The molecular formula is C29H25ClFN3O6. The Bertz CT molecular complexity index is 1590. The van der Waals surface area contributed by atoms with Crippen LogP contribution in [0.2, 0.25) is 5.02 Å². The lowest BCUT2D eigenvalue weighted by Gasteiger charge is -2.49. The van der Waals surface area contributed by atoms with Crippen molar-refractivity contribution in [3.63, 3.8) is 0 Å². The number of anilines is 1. The second-order valence-electron chi connectivity index (χ2n) is 11.2. The number of likely N-dealkylation sites (tertiary alicyclic amines) is 1. The Hall–Kier alpha value is -4.05. The van der Waals surface area contributed by atoms with Crippen LogP contribution in [0, 0.1) is 41.8 Å². The first kappa shape index (κ1) is 26.2. The quantitative estimate of drug-likeness (QED) is 0.419. The fourth-order valence-electron chi connectivity index (χ4n) is 7.34. The van der Waals surface area contributed by atoms with Crippen LogP contribution in [0.5, 0.6) is 5.75 Å². The van der Waals surface area contributed by atoms with Gasteiger partial charge in [-0.25, -0.2) is 14.1 Å². The van der Waals surface area contributed by atoms with Crippen molar-refractivity contribution in [2.45, 2.75) is 32.6 Å². The van der Waals surface area contributed by atoms with Gasteiger partial charge in [0.15, 0.2) is 0 Å². The number of allylic oxidation sites excluding steroid dienone is 2. The lowest BCUT2D eigenvalue weighted by molar-refractivity contribution is -0.136. The second kappa shape index (κ2) is 8.72. The number of benzene rings is 2. The molecule has 2 aromatic rings. The van der Waals surface area contributed by atoms with E-state index in [1.165, 1.54) is 18.2 Å². The lowest BCUT2D eigenvalue weighted by atomic mass is 9.51. The summed E-state index contributed by atoms with van der Waals surface area (Å²) in [4.78, 5) is 68.1. The van der Waals surface area contributed by atoms with Crippen molar-refractivity contribution in [2.75, 3.05) is 4.90 Å². The molecule has 0 radical (unpaired) electrons. The van der Waals surface area contributed by atoms with E-state index in [9.17, 15) is 33.5 Å². The van der Waals surface area contributed by atoms with Gasteiger partial charge in [-0.1, -0.05) is 35.4 Å². The molecule has 2 saturated heterocycles. The number of halogens is 2. The summed E-state index contributed by atoms with van der Waals surface area (Å²) < 4.78 is 13.9. The SMILES string of the molecule is Cc1cc(C2C3=CCC4C(=O)N(C(N)=O)C(=O)C4C3CC3C(=O)N(c4ccc(F)c(Cl)c4)C(=O)C32C)ccc1O. The van der Waals surface area contributed by atoms with E-state index in [-0.39, 0.29) is 29.3 Å². The number of phenols is 1. The summed E-state index contributed by atoms with van der Waals surface area (Å²) in [5, 5.41) is 9.96. The van der Waals surface area contributed by atoms with E-state index in [1.807, 2.05) is 6.08 Å². The third kappa shape index (κ3) is 3.35. The highest BCUT2D eigenvalue weighted by molar-refractivity contribution is 6.31. The van der Waals surface area contributed by atoms with Crippen molar-refractivity contribution in [1.29, 1.82) is 0 Å². The van der Waals surface area contributed by atoms with Gasteiger partial charge in [0.1, 0.15) is 11.6 Å². The predicted molar refractivity (Wildman–Crippen MR) is 140 cm³/mol. The van der Waals surface area contributed by atoms with Gasteiger partial charge < -0.3 is 10.8 Å². The molecule has 6 atom stereocenters. The van der Waals surface area contributed by atoms with Gasteiger partial charge in [-0.15, -0.1) is 0 Å². The molecule has 6 amide bonds. The summed E-state index contributed by atoms with van der Waals surface area (Å²) in [7, 11) is 0. The number of nitrogens with zero attached hydrogens (tertiary/aromatic N) is 2. The smallest absolute Gasteiger partial charge is 0.328 e. The molecule has 3 fully saturated rings. The van der Waals surface area contributed by atoms with Crippen LogP contribution in [0.15, 0.2) is 48.0 Å². The van der Waals surface area contributed by atoms with Crippen LogP contribution >= 0.6 is 11.6 Å². The maximum absolute atomic E-state index is 14.3. The van der Waals surface area contributed by atoms with Crippen LogP contribution in [0.4, 0.5) is 14.9 Å². The highest BCUT2D eigenvalue weighted by Crippen LogP contribution is 2.63. The molecule has 206 valence electrons. The van der Waals surface area contributed by atoms with Crippen molar-refractivity contribution < 1.29 is 33.5 Å². The number of aromatic hydroxyl groups is 1. The molecule has 2 aliphatic heterocycles. The van der Waals surface area contributed by atoms with Gasteiger partial charge in [-0.05, 0) is 68.0 Å².